The van der Waals surface area contributed by atoms with Crippen LogP contribution >= 0.6 is 0 Å². The SMILES string of the molecule is CCCCCNC(=O)c1ccc(NCCc2ccc(OC)cc2)cn1. The molecule has 0 aliphatic heterocycles. The Morgan fingerprint density at radius 3 is 2.52 bits per heavy atom. The first-order valence-electron chi connectivity index (χ1n) is 8.84. The van der Waals surface area contributed by atoms with E-state index in [2.05, 4.69) is 34.7 Å². The van der Waals surface area contributed by atoms with Gasteiger partial charge in [0.2, 0.25) is 0 Å². The van der Waals surface area contributed by atoms with E-state index in [0.29, 0.717) is 12.2 Å². The van der Waals surface area contributed by atoms with Gasteiger partial charge in [-0.15, -0.1) is 0 Å². The molecule has 0 aliphatic carbocycles. The molecule has 0 saturated heterocycles. The molecule has 2 rings (SSSR count). The first-order valence-corrected chi connectivity index (χ1v) is 8.84. The van der Waals surface area contributed by atoms with Crippen molar-refractivity contribution in [3.63, 3.8) is 0 Å². The van der Waals surface area contributed by atoms with Crippen LogP contribution in [0.1, 0.15) is 42.2 Å². The Balaban J connectivity index is 1.74. The molecule has 0 fully saturated rings. The van der Waals surface area contributed by atoms with E-state index in [1.165, 1.54) is 5.56 Å². The van der Waals surface area contributed by atoms with Crippen LogP contribution < -0.4 is 15.4 Å². The minimum absolute atomic E-state index is 0.110. The van der Waals surface area contributed by atoms with Gasteiger partial charge in [0, 0.05) is 13.1 Å². The van der Waals surface area contributed by atoms with Crippen LogP contribution in [0.15, 0.2) is 42.6 Å². The van der Waals surface area contributed by atoms with Crippen molar-refractivity contribution < 1.29 is 9.53 Å². The molecule has 134 valence electrons. The standard InChI is InChI=1S/C20H27N3O2/c1-3-4-5-13-22-20(24)19-11-8-17(15-23-19)21-14-12-16-6-9-18(25-2)10-7-16/h6-11,15,21H,3-5,12-14H2,1-2H3,(H,22,24). The maximum absolute atomic E-state index is 12.0. The third-order valence-corrected chi connectivity index (χ3v) is 3.96. The smallest absolute Gasteiger partial charge is 0.269 e. The number of aromatic nitrogens is 1. The van der Waals surface area contributed by atoms with Crippen LogP contribution in [0.4, 0.5) is 5.69 Å². The summed E-state index contributed by atoms with van der Waals surface area (Å²) in [4.78, 5) is 16.2. The lowest BCUT2D eigenvalue weighted by Gasteiger charge is -2.08. The van der Waals surface area contributed by atoms with Gasteiger partial charge >= 0.3 is 0 Å². The summed E-state index contributed by atoms with van der Waals surface area (Å²) in [6.45, 7) is 3.65. The van der Waals surface area contributed by atoms with E-state index in [9.17, 15) is 4.79 Å². The Hall–Kier alpha value is -2.56. The van der Waals surface area contributed by atoms with Gasteiger partial charge in [-0.3, -0.25) is 4.79 Å². The highest BCUT2D eigenvalue weighted by Gasteiger charge is 2.06. The Morgan fingerprint density at radius 2 is 1.88 bits per heavy atom. The Kier molecular flexibility index (Phi) is 7.76. The van der Waals surface area contributed by atoms with E-state index in [1.54, 1.807) is 19.4 Å². The number of carbonyl (C=O) groups excluding carboxylic acids is 1. The van der Waals surface area contributed by atoms with Crippen LogP contribution in [0.5, 0.6) is 5.75 Å². The summed E-state index contributed by atoms with van der Waals surface area (Å²) in [5.74, 6) is 0.755. The summed E-state index contributed by atoms with van der Waals surface area (Å²) in [7, 11) is 1.67. The molecule has 1 amide bonds. The second kappa shape index (κ2) is 10.3. The number of nitrogens with zero attached hydrogens (tertiary/aromatic N) is 1. The Bertz CT molecular complexity index is 639. The minimum Gasteiger partial charge on any atom is -0.497 e. The number of nitrogens with one attached hydrogen (secondary N) is 2. The fraction of sp³-hybridized carbons (Fsp3) is 0.400. The molecule has 0 saturated carbocycles. The van der Waals surface area contributed by atoms with Crippen molar-refractivity contribution in [2.75, 3.05) is 25.5 Å². The molecule has 0 atom stereocenters. The lowest BCUT2D eigenvalue weighted by Crippen LogP contribution is -2.25. The molecule has 5 nitrogen and oxygen atoms in total. The van der Waals surface area contributed by atoms with Gasteiger partial charge in [0.25, 0.3) is 5.91 Å². The number of amides is 1. The molecule has 2 N–H and O–H groups in total. The highest BCUT2D eigenvalue weighted by Crippen LogP contribution is 2.12. The van der Waals surface area contributed by atoms with Crippen molar-refractivity contribution in [3.05, 3.63) is 53.9 Å². The third-order valence-electron chi connectivity index (χ3n) is 3.96. The number of rotatable bonds is 10. The van der Waals surface area contributed by atoms with E-state index < -0.39 is 0 Å². The average Bonchev–Trinajstić information content (AvgIpc) is 2.66. The van der Waals surface area contributed by atoms with Crippen LogP contribution in [0, 0.1) is 0 Å². The van der Waals surface area contributed by atoms with E-state index in [0.717, 1.165) is 43.7 Å². The maximum Gasteiger partial charge on any atom is 0.269 e. The molecule has 25 heavy (non-hydrogen) atoms. The Labute approximate surface area is 149 Å². The summed E-state index contributed by atoms with van der Waals surface area (Å²) in [5, 5.41) is 6.22. The van der Waals surface area contributed by atoms with Crippen LogP contribution in [0.25, 0.3) is 0 Å². The highest BCUT2D eigenvalue weighted by atomic mass is 16.5. The summed E-state index contributed by atoms with van der Waals surface area (Å²) in [6.07, 6.45) is 5.89. The first kappa shape index (κ1) is 18.8. The van der Waals surface area contributed by atoms with Crippen molar-refractivity contribution in [1.82, 2.24) is 10.3 Å². The number of ether oxygens (including phenoxy) is 1. The monoisotopic (exact) mass is 341 g/mol. The van der Waals surface area contributed by atoms with Crippen LogP contribution in [0.3, 0.4) is 0 Å². The van der Waals surface area contributed by atoms with Crippen LogP contribution in [-0.2, 0) is 6.42 Å². The number of pyridine rings is 1. The zero-order valence-corrected chi connectivity index (χ0v) is 15.0. The molecule has 0 unspecified atom stereocenters. The minimum atomic E-state index is -0.110. The van der Waals surface area contributed by atoms with Gasteiger partial charge in [-0.25, -0.2) is 4.98 Å². The van der Waals surface area contributed by atoms with E-state index in [1.807, 2.05) is 18.2 Å². The van der Waals surface area contributed by atoms with Crippen LogP contribution in [-0.4, -0.2) is 31.1 Å². The molecular formula is C20H27N3O2. The van der Waals surface area contributed by atoms with E-state index in [-0.39, 0.29) is 5.91 Å². The second-order valence-electron chi connectivity index (χ2n) is 5.92. The normalized spacial score (nSPS) is 10.3. The predicted octanol–water partition coefficient (Wildman–Crippen LogP) is 3.66. The fourth-order valence-corrected chi connectivity index (χ4v) is 2.44. The van der Waals surface area contributed by atoms with Gasteiger partial charge in [0.05, 0.1) is 19.0 Å². The van der Waals surface area contributed by atoms with Crippen molar-refractivity contribution >= 4 is 11.6 Å². The lowest BCUT2D eigenvalue weighted by molar-refractivity contribution is 0.0948. The summed E-state index contributed by atoms with van der Waals surface area (Å²) >= 11 is 0. The van der Waals surface area contributed by atoms with Gasteiger partial charge in [-0.1, -0.05) is 31.9 Å². The topological polar surface area (TPSA) is 63.2 Å². The molecule has 1 aromatic carbocycles. The van der Waals surface area contributed by atoms with Gasteiger partial charge in [0.15, 0.2) is 0 Å². The molecule has 5 heteroatoms. The fourth-order valence-electron chi connectivity index (χ4n) is 2.44. The molecule has 1 aromatic heterocycles. The van der Waals surface area contributed by atoms with Crippen LogP contribution in [0.2, 0.25) is 0 Å². The quantitative estimate of drug-likeness (QED) is 0.647. The van der Waals surface area contributed by atoms with Crippen molar-refractivity contribution in [1.29, 1.82) is 0 Å². The zero-order chi connectivity index (χ0) is 17.9. The Morgan fingerprint density at radius 1 is 1.08 bits per heavy atom. The first-order chi connectivity index (χ1) is 12.2. The summed E-state index contributed by atoms with van der Waals surface area (Å²) in [6, 6.07) is 11.7. The highest BCUT2D eigenvalue weighted by molar-refractivity contribution is 5.92. The molecule has 0 bridgehead atoms. The van der Waals surface area contributed by atoms with Crippen molar-refractivity contribution in [3.8, 4) is 5.75 Å². The maximum atomic E-state index is 12.0. The van der Waals surface area contributed by atoms with E-state index >= 15 is 0 Å². The number of unbranched alkanes of at least 4 members (excludes halogenated alkanes) is 2. The molecular weight excluding hydrogens is 314 g/mol. The number of carbonyl (C=O) groups is 1. The number of anilines is 1. The summed E-state index contributed by atoms with van der Waals surface area (Å²) in [5.41, 5.74) is 2.61. The van der Waals surface area contributed by atoms with Gasteiger partial charge in [-0.05, 0) is 42.7 Å². The largest absolute Gasteiger partial charge is 0.497 e. The predicted molar refractivity (Wildman–Crippen MR) is 101 cm³/mol. The number of benzene rings is 1. The van der Waals surface area contributed by atoms with Crippen molar-refractivity contribution in [2.24, 2.45) is 0 Å². The molecule has 2 aromatic rings. The summed E-state index contributed by atoms with van der Waals surface area (Å²) < 4.78 is 5.15. The van der Waals surface area contributed by atoms with Gasteiger partial charge in [-0.2, -0.15) is 0 Å². The average molecular weight is 341 g/mol. The van der Waals surface area contributed by atoms with Crippen molar-refractivity contribution in [2.45, 2.75) is 32.6 Å². The second-order valence-corrected chi connectivity index (χ2v) is 5.92. The lowest BCUT2D eigenvalue weighted by atomic mass is 10.1. The van der Waals surface area contributed by atoms with E-state index in [4.69, 9.17) is 4.74 Å². The zero-order valence-electron chi connectivity index (χ0n) is 15.0. The molecule has 0 radical (unpaired) electrons. The van der Waals surface area contributed by atoms with Gasteiger partial charge < -0.3 is 15.4 Å². The molecule has 0 aliphatic rings. The number of hydrogen-bond acceptors (Lipinski definition) is 4. The molecule has 1 heterocycles. The number of methoxy groups -OCH3 is 1. The third kappa shape index (κ3) is 6.45. The number of hydrogen-bond donors (Lipinski definition) is 2. The molecule has 0 spiro atoms. The van der Waals surface area contributed by atoms with Gasteiger partial charge in [0.1, 0.15) is 11.4 Å².